The fraction of sp³-hybridized carbons (Fsp3) is 0.636. The minimum absolute atomic E-state index is 0.0430. The maximum atomic E-state index is 12.4. The Hall–Kier alpha value is -2.08. The van der Waals surface area contributed by atoms with Gasteiger partial charge in [0.25, 0.3) is 0 Å². The van der Waals surface area contributed by atoms with Crippen molar-refractivity contribution >= 4 is 11.9 Å². The topological polar surface area (TPSA) is 59.1 Å². The Bertz CT molecular complexity index is 635. The number of benzene rings is 1. The molecule has 0 spiro atoms. The van der Waals surface area contributed by atoms with Crippen molar-refractivity contribution in [3.05, 3.63) is 29.8 Å². The molecule has 6 nitrogen and oxygen atoms in total. The van der Waals surface area contributed by atoms with E-state index in [-0.39, 0.29) is 24.7 Å². The van der Waals surface area contributed by atoms with Gasteiger partial charge in [-0.15, -0.1) is 0 Å². The summed E-state index contributed by atoms with van der Waals surface area (Å²) in [5.74, 6) is 1.10. The monoisotopic (exact) mass is 390 g/mol. The molecule has 1 aromatic carbocycles. The van der Waals surface area contributed by atoms with Crippen LogP contribution in [0.15, 0.2) is 24.3 Å². The average molecular weight is 391 g/mol. The fourth-order valence-electron chi connectivity index (χ4n) is 3.81. The fourth-order valence-corrected chi connectivity index (χ4v) is 3.81. The first-order valence-electron chi connectivity index (χ1n) is 10.3. The second-order valence-corrected chi connectivity index (χ2v) is 7.42. The van der Waals surface area contributed by atoms with Crippen molar-refractivity contribution in [1.29, 1.82) is 0 Å². The van der Waals surface area contributed by atoms with Gasteiger partial charge in [-0.3, -0.25) is 9.59 Å². The molecule has 0 unspecified atom stereocenters. The molecule has 1 aromatic rings. The summed E-state index contributed by atoms with van der Waals surface area (Å²) >= 11 is 0. The van der Waals surface area contributed by atoms with E-state index in [9.17, 15) is 9.59 Å². The molecule has 0 N–H and O–H groups in total. The van der Waals surface area contributed by atoms with E-state index < -0.39 is 0 Å². The molecule has 0 aliphatic carbocycles. The van der Waals surface area contributed by atoms with Crippen LogP contribution >= 0.6 is 0 Å². The summed E-state index contributed by atoms with van der Waals surface area (Å²) in [6.07, 6.45) is 3.70. The Kier molecular flexibility index (Phi) is 9.28. The Morgan fingerprint density at radius 3 is 2.79 bits per heavy atom. The van der Waals surface area contributed by atoms with Gasteiger partial charge >= 0.3 is 5.97 Å². The first-order chi connectivity index (χ1) is 13.5. The third kappa shape index (κ3) is 7.15. The smallest absolute Gasteiger partial charge is 0.306 e. The van der Waals surface area contributed by atoms with Crippen LogP contribution in [0.5, 0.6) is 5.75 Å². The zero-order valence-electron chi connectivity index (χ0n) is 17.5. The van der Waals surface area contributed by atoms with Crippen LogP contribution in [0.4, 0.5) is 0 Å². The molecular formula is C22H34N2O4. The van der Waals surface area contributed by atoms with E-state index in [0.717, 1.165) is 51.2 Å². The van der Waals surface area contributed by atoms with Gasteiger partial charge < -0.3 is 19.3 Å². The minimum Gasteiger partial charge on any atom is -0.497 e. The lowest BCUT2D eigenvalue weighted by Gasteiger charge is -2.35. The van der Waals surface area contributed by atoms with Crippen LogP contribution in [-0.4, -0.2) is 68.6 Å². The number of carbonyl (C=O) groups excluding carboxylic acids is 2. The summed E-state index contributed by atoms with van der Waals surface area (Å²) in [6.45, 7) is 6.60. The highest BCUT2D eigenvalue weighted by Gasteiger charge is 2.24. The number of piperidine rings is 1. The van der Waals surface area contributed by atoms with Crippen molar-refractivity contribution in [2.24, 2.45) is 5.92 Å². The summed E-state index contributed by atoms with van der Waals surface area (Å²) in [5.41, 5.74) is 1.29. The van der Waals surface area contributed by atoms with Crippen molar-refractivity contribution in [3.63, 3.8) is 0 Å². The number of rotatable bonds is 10. The number of ether oxygens (including phenoxy) is 2. The van der Waals surface area contributed by atoms with Crippen LogP contribution in [-0.2, 0) is 20.7 Å². The molecule has 1 amide bonds. The number of methoxy groups -OCH3 is 2. The van der Waals surface area contributed by atoms with Gasteiger partial charge in [-0.1, -0.05) is 12.1 Å². The Labute approximate surface area is 168 Å². The molecule has 1 heterocycles. The Morgan fingerprint density at radius 1 is 1.25 bits per heavy atom. The van der Waals surface area contributed by atoms with E-state index in [1.165, 1.54) is 12.7 Å². The standard InChI is InChI=1S/C22H34N2O4/c1-4-24(21(25)10-11-22(26)28-3)17-19-8-6-13-23(16-19)14-12-18-7-5-9-20(15-18)27-2/h5,7,9,15,19H,4,6,8,10-14,16-17H2,1-3H3/t19-/m1/s1. The second-order valence-electron chi connectivity index (χ2n) is 7.42. The zero-order chi connectivity index (χ0) is 20.4. The summed E-state index contributed by atoms with van der Waals surface area (Å²) in [5, 5.41) is 0. The molecule has 0 radical (unpaired) electrons. The predicted octanol–water partition coefficient (Wildman–Crippen LogP) is 2.75. The van der Waals surface area contributed by atoms with E-state index in [0.29, 0.717) is 12.5 Å². The van der Waals surface area contributed by atoms with E-state index in [1.54, 1.807) is 7.11 Å². The summed E-state index contributed by atoms with van der Waals surface area (Å²) in [7, 11) is 3.05. The van der Waals surface area contributed by atoms with Crippen LogP contribution in [0.25, 0.3) is 0 Å². The number of carbonyl (C=O) groups is 2. The summed E-state index contributed by atoms with van der Waals surface area (Å²) in [4.78, 5) is 28.1. The molecule has 2 rings (SSSR count). The summed E-state index contributed by atoms with van der Waals surface area (Å²) in [6, 6.07) is 8.24. The normalized spacial score (nSPS) is 17.2. The quantitative estimate of drug-likeness (QED) is 0.575. The van der Waals surface area contributed by atoms with E-state index in [4.69, 9.17) is 4.74 Å². The maximum absolute atomic E-state index is 12.4. The van der Waals surface area contributed by atoms with Crippen molar-refractivity contribution in [3.8, 4) is 5.75 Å². The number of esters is 1. The first kappa shape index (κ1) is 22.2. The van der Waals surface area contributed by atoms with Gasteiger partial charge in [0.2, 0.25) is 5.91 Å². The number of likely N-dealkylation sites (tertiary alicyclic amines) is 1. The molecule has 0 aromatic heterocycles. The molecule has 0 saturated carbocycles. The summed E-state index contributed by atoms with van der Waals surface area (Å²) < 4.78 is 9.94. The van der Waals surface area contributed by atoms with Crippen LogP contribution in [0, 0.1) is 5.92 Å². The number of hydrogen-bond acceptors (Lipinski definition) is 5. The number of nitrogens with zero attached hydrogens (tertiary/aromatic N) is 2. The van der Waals surface area contributed by atoms with Gasteiger partial charge in [0.1, 0.15) is 5.75 Å². The lowest BCUT2D eigenvalue weighted by Crippen LogP contribution is -2.43. The SMILES string of the molecule is CCN(C[C@@H]1CCCN(CCc2cccc(OC)c2)C1)C(=O)CCC(=O)OC. The maximum Gasteiger partial charge on any atom is 0.306 e. The average Bonchev–Trinajstić information content (AvgIpc) is 2.74. The lowest BCUT2D eigenvalue weighted by atomic mass is 9.96. The van der Waals surface area contributed by atoms with Crippen molar-refractivity contribution in [1.82, 2.24) is 9.80 Å². The molecule has 1 atom stereocenters. The zero-order valence-corrected chi connectivity index (χ0v) is 17.5. The molecule has 1 fully saturated rings. The van der Waals surface area contributed by atoms with Gasteiger partial charge in [-0.05, 0) is 56.3 Å². The Morgan fingerprint density at radius 2 is 2.07 bits per heavy atom. The molecular weight excluding hydrogens is 356 g/mol. The van der Waals surface area contributed by atoms with Crippen molar-refractivity contribution < 1.29 is 19.1 Å². The molecule has 6 heteroatoms. The third-order valence-electron chi connectivity index (χ3n) is 5.44. The number of hydrogen-bond donors (Lipinski definition) is 0. The number of amides is 1. The van der Waals surface area contributed by atoms with Gasteiger partial charge in [-0.2, -0.15) is 0 Å². The van der Waals surface area contributed by atoms with E-state index in [1.807, 2.05) is 24.0 Å². The van der Waals surface area contributed by atoms with Gasteiger partial charge in [0.05, 0.1) is 20.6 Å². The van der Waals surface area contributed by atoms with E-state index in [2.05, 4.69) is 21.8 Å². The Balaban J connectivity index is 1.80. The molecule has 1 aliphatic heterocycles. The molecule has 1 aliphatic rings. The predicted molar refractivity (Wildman–Crippen MR) is 109 cm³/mol. The molecule has 156 valence electrons. The minimum atomic E-state index is -0.328. The largest absolute Gasteiger partial charge is 0.497 e. The second kappa shape index (κ2) is 11.7. The lowest BCUT2D eigenvalue weighted by molar-refractivity contribution is -0.143. The third-order valence-corrected chi connectivity index (χ3v) is 5.44. The van der Waals surface area contributed by atoms with Crippen LogP contribution < -0.4 is 4.74 Å². The molecule has 28 heavy (non-hydrogen) atoms. The molecule has 1 saturated heterocycles. The van der Waals surface area contributed by atoms with Gasteiger partial charge in [0, 0.05) is 32.6 Å². The van der Waals surface area contributed by atoms with E-state index >= 15 is 0 Å². The molecule has 0 bridgehead atoms. The highest BCUT2D eigenvalue weighted by atomic mass is 16.5. The van der Waals surface area contributed by atoms with Crippen LogP contribution in [0.2, 0.25) is 0 Å². The van der Waals surface area contributed by atoms with Crippen LogP contribution in [0.3, 0.4) is 0 Å². The van der Waals surface area contributed by atoms with Crippen LogP contribution in [0.1, 0.15) is 38.2 Å². The highest BCUT2D eigenvalue weighted by molar-refractivity contribution is 5.81. The van der Waals surface area contributed by atoms with Crippen molar-refractivity contribution in [2.45, 2.75) is 39.0 Å². The van der Waals surface area contributed by atoms with Gasteiger partial charge in [-0.25, -0.2) is 0 Å². The highest BCUT2D eigenvalue weighted by Crippen LogP contribution is 2.20. The van der Waals surface area contributed by atoms with Crippen molar-refractivity contribution in [2.75, 3.05) is 46.9 Å². The van der Waals surface area contributed by atoms with Gasteiger partial charge in [0.15, 0.2) is 0 Å². The first-order valence-corrected chi connectivity index (χ1v) is 10.3.